The van der Waals surface area contributed by atoms with Gasteiger partial charge in [0.25, 0.3) is 0 Å². The summed E-state index contributed by atoms with van der Waals surface area (Å²) >= 11 is 0. The maximum atomic E-state index is 9.45. The third-order valence-electron chi connectivity index (χ3n) is 2.01. The van der Waals surface area contributed by atoms with Gasteiger partial charge in [-0.2, -0.15) is 0 Å². The molecular formula is C11H17NO2. The van der Waals surface area contributed by atoms with Crippen LogP contribution in [0.5, 0.6) is 5.75 Å². The highest BCUT2D eigenvalue weighted by Crippen LogP contribution is 2.14. The van der Waals surface area contributed by atoms with Crippen molar-refractivity contribution in [1.29, 1.82) is 0 Å². The number of rotatable bonds is 6. The van der Waals surface area contributed by atoms with Gasteiger partial charge in [-0.25, -0.2) is 0 Å². The zero-order valence-electron chi connectivity index (χ0n) is 8.49. The minimum Gasteiger partial charge on any atom is -0.508 e. The summed E-state index contributed by atoms with van der Waals surface area (Å²) in [5.74, 6) is 0.353. The first kappa shape index (κ1) is 11.0. The second kappa shape index (κ2) is 6.40. The number of hydrogen-bond acceptors (Lipinski definition) is 3. The number of para-hydroxylation sites is 1. The van der Waals surface area contributed by atoms with E-state index in [-0.39, 0.29) is 0 Å². The van der Waals surface area contributed by atoms with E-state index in [0.29, 0.717) is 12.3 Å². The number of aromatic hydroxyl groups is 1. The van der Waals surface area contributed by atoms with Crippen LogP contribution in [0.15, 0.2) is 24.3 Å². The molecule has 0 aliphatic carbocycles. The van der Waals surface area contributed by atoms with Crippen molar-refractivity contribution in [3.05, 3.63) is 29.8 Å². The predicted octanol–water partition coefficient (Wildman–Crippen LogP) is 1.52. The molecule has 1 aromatic carbocycles. The largest absolute Gasteiger partial charge is 0.508 e. The van der Waals surface area contributed by atoms with E-state index in [2.05, 4.69) is 5.32 Å². The van der Waals surface area contributed by atoms with Crippen molar-refractivity contribution in [1.82, 2.24) is 5.32 Å². The third-order valence-corrected chi connectivity index (χ3v) is 2.01. The van der Waals surface area contributed by atoms with Crippen LogP contribution in [0.4, 0.5) is 0 Å². The van der Waals surface area contributed by atoms with Crippen LogP contribution in [0, 0.1) is 0 Å². The number of ether oxygens (including phenoxy) is 1. The molecule has 0 heterocycles. The molecule has 14 heavy (non-hydrogen) atoms. The summed E-state index contributed by atoms with van der Waals surface area (Å²) in [7, 11) is 1.70. The number of phenols is 1. The molecule has 78 valence electrons. The summed E-state index contributed by atoms with van der Waals surface area (Å²) in [4.78, 5) is 0. The standard InChI is InChI=1S/C11H17NO2/c1-14-8-4-7-12-9-10-5-2-3-6-11(10)13/h2-3,5-6,12-13H,4,7-9H2,1H3. The molecule has 0 aliphatic rings. The highest BCUT2D eigenvalue weighted by molar-refractivity contribution is 5.31. The molecule has 0 amide bonds. The smallest absolute Gasteiger partial charge is 0.120 e. The van der Waals surface area contributed by atoms with Crippen LogP contribution in [0.25, 0.3) is 0 Å². The molecule has 0 saturated heterocycles. The highest BCUT2D eigenvalue weighted by Gasteiger charge is 1.97. The van der Waals surface area contributed by atoms with Crippen LogP contribution in [0.3, 0.4) is 0 Å². The summed E-state index contributed by atoms with van der Waals surface area (Å²) in [6.07, 6.45) is 0.990. The van der Waals surface area contributed by atoms with Crippen molar-refractivity contribution in [2.45, 2.75) is 13.0 Å². The maximum absolute atomic E-state index is 9.45. The molecule has 0 aromatic heterocycles. The molecular weight excluding hydrogens is 178 g/mol. The third kappa shape index (κ3) is 3.77. The molecule has 0 atom stereocenters. The van der Waals surface area contributed by atoms with Crippen LogP contribution < -0.4 is 5.32 Å². The summed E-state index contributed by atoms with van der Waals surface area (Å²) in [6, 6.07) is 7.36. The predicted molar refractivity (Wildman–Crippen MR) is 56.3 cm³/mol. The van der Waals surface area contributed by atoms with Crippen molar-refractivity contribution in [3.63, 3.8) is 0 Å². The van der Waals surface area contributed by atoms with Gasteiger partial charge >= 0.3 is 0 Å². The molecule has 3 heteroatoms. The average Bonchev–Trinajstić information content (AvgIpc) is 2.20. The fraction of sp³-hybridized carbons (Fsp3) is 0.455. The van der Waals surface area contributed by atoms with E-state index in [1.165, 1.54) is 0 Å². The van der Waals surface area contributed by atoms with Crippen LogP contribution in [0.1, 0.15) is 12.0 Å². The molecule has 1 aromatic rings. The Kier molecular flexibility index (Phi) is 5.04. The minimum absolute atomic E-state index is 0.353. The van der Waals surface area contributed by atoms with Crippen molar-refractivity contribution < 1.29 is 9.84 Å². The van der Waals surface area contributed by atoms with Crippen LogP contribution >= 0.6 is 0 Å². The minimum atomic E-state index is 0.353. The number of methoxy groups -OCH3 is 1. The first-order valence-electron chi connectivity index (χ1n) is 4.81. The summed E-state index contributed by atoms with van der Waals surface area (Å²) in [5, 5.41) is 12.7. The van der Waals surface area contributed by atoms with E-state index in [0.717, 1.165) is 25.1 Å². The van der Waals surface area contributed by atoms with Gasteiger partial charge in [0.05, 0.1) is 0 Å². The zero-order valence-corrected chi connectivity index (χ0v) is 8.49. The van der Waals surface area contributed by atoms with Gasteiger partial charge in [-0.15, -0.1) is 0 Å². The lowest BCUT2D eigenvalue weighted by Gasteiger charge is -2.05. The van der Waals surface area contributed by atoms with Gasteiger partial charge in [0.1, 0.15) is 5.75 Å². The number of phenolic OH excluding ortho intramolecular Hbond substituents is 1. The van der Waals surface area contributed by atoms with Gasteiger partial charge in [0, 0.05) is 25.8 Å². The first-order chi connectivity index (χ1) is 6.84. The summed E-state index contributed by atoms with van der Waals surface area (Å²) < 4.78 is 4.93. The fourth-order valence-corrected chi connectivity index (χ4v) is 1.22. The molecule has 0 aliphatic heterocycles. The lowest BCUT2D eigenvalue weighted by Crippen LogP contribution is -2.16. The Hall–Kier alpha value is -1.06. The second-order valence-electron chi connectivity index (χ2n) is 3.15. The summed E-state index contributed by atoms with van der Waals surface area (Å²) in [5.41, 5.74) is 0.935. The fourth-order valence-electron chi connectivity index (χ4n) is 1.22. The first-order valence-corrected chi connectivity index (χ1v) is 4.81. The second-order valence-corrected chi connectivity index (χ2v) is 3.15. The average molecular weight is 195 g/mol. The molecule has 0 radical (unpaired) electrons. The quantitative estimate of drug-likeness (QED) is 0.676. The Morgan fingerprint density at radius 2 is 2.14 bits per heavy atom. The molecule has 0 fully saturated rings. The summed E-state index contributed by atoms with van der Waals surface area (Å²) in [6.45, 7) is 2.38. The SMILES string of the molecule is COCCCNCc1ccccc1O. The zero-order chi connectivity index (χ0) is 10.2. The van der Waals surface area contributed by atoms with E-state index < -0.39 is 0 Å². The van der Waals surface area contributed by atoms with Gasteiger partial charge in [-0.3, -0.25) is 0 Å². The van der Waals surface area contributed by atoms with E-state index in [1.807, 2.05) is 18.2 Å². The van der Waals surface area contributed by atoms with Gasteiger partial charge < -0.3 is 15.2 Å². The molecule has 2 N–H and O–H groups in total. The van der Waals surface area contributed by atoms with E-state index in [9.17, 15) is 5.11 Å². The van der Waals surface area contributed by atoms with Gasteiger partial charge in [0.2, 0.25) is 0 Å². The Bertz CT molecular complexity index is 263. The van der Waals surface area contributed by atoms with E-state index in [4.69, 9.17) is 4.74 Å². The lowest BCUT2D eigenvalue weighted by molar-refractivity contribution is 0.194. The molecule has 0 bridgehead atoms. The molecule has 0 saturated carbocycles. The Balaban J connectivity index is 2.21. The van der Waals surface area contributed by atoms with E-state index >= 15 is 0 Å². The van der Waals surface area contributed by atoms with Crippen molar-refractivity contribution in [2.75, 3.05) is 20.3 Å². The Morgan fingerprint density at radius 3 is 2.86 bits per heavy atom. The normalized spacial score (nSPS) is 10.4. The van der Waals surface area contributed by atoms with Crippen molar-refractivity contribution in [3.8, 4) is 5.75 Å². The van der Waals surface area contributed by atoms with Crippen LogP contribution in [-0.4, -0.2) is 25.4 Å². The monoisotopic (exact) mass is 195 g/mol. The highest BCUT2D eigenvalue weighted by atomic mass is 16.5. The van der Waals surface area contributed by atoms with Gasteiger partial charge in [-0.1, -0.05) is 18.2 Å². The topological polar surface area (TPSA) is 41.5 Å². The molecule has 0 unspecified atom stereocenters. The lowest BCUT2D eigenvalue weighted by atomic mass is 10.2. The van der Waals surface area contributed by atoms with Crippen molar-refractivity contribution >= 4 is 0 Å². The van der Waals surface area contributed by atoms with E-state index in [1.54, 1.807) is 13.2 Å². The van der Waals surface area contributed by atoms with Crippen LogP contribution in [0.2, 0.25) is 0 Å². The Labute approximate surface area is 84.7 Å². The van der Waals surface area contributed by atoms with Gasteiger partial charge in [0.15, 0.2) is 0 Å². The number of nitrogens with one attached hydrogen (secondary N) is 1. The van der Waals surface area contributed by atoms with Crippen LogP contribution in [-0.2, 0) is 11.3 Å². The number of benzene rings is 1. The van der Waals surface area contributed by atoms with Gasteiger partial charge in [-0.05, 0) is 19.0 Å². The van der Waals surface area contributed by atoms with Crippen molar-refractivity contribution in [2.24, 2.45) is 0 Å². The molecule has 0 spiro atoms. The maximum Gasteiger partial charge on any atom is 0.120 e. The molecule has 1 rings (SSSR count). The Morgan fingerprint density at radius 1 is 1.36 bits per heavy atom. The molecule has 3 nitrogen and oxygen atoms in total. The number of hydrogen-bond donors (Lipinski definition) is 2.